The van der Waals surface area contributed by atoms with Gasteiger partial charge in [0.1, 0.15) is 0 Å². The zero-order valence-corrected chi connectivity index (χ0v) is 10.8. The van der Waals surface area contributed by atoms with Crippen molar-refractivity contribution in [1.82, 2.24) is 20.6 Å². The summed E-state index contributed by atoms with van der Waals surface area (Å²) in [5.41, 5.74) is 1.72. The highest BCUT2D eigenvalue weighted by atomic mass is 16.2. The average Bonchev–Trinajstić information content (AvgIpc) is 2.27. The van der Waals surface area contributed by atoms with Gasteiger partial charge < -0.3 is 10.6 Å². The number of rotatable bonds is 5. The van der Waals surface area contributed by atoms with E-state index in [0.29, 0.717) is 6.54 Å². The molecule has 0 radical (unpaired) electrons. The van der Waals surface area contributed by atoms with Crippen LogP contribution in [0.1, 0.15) is 32.2 Å². The monoisotopic (exact) mass is 236 g/mol. The molecule has 2 N–H and O–H groups in total. The van der Waals surface area contributed by atoms with Gasteiger partial charge >= 0.3 is 0 Å². The largest absolute Gasteiger partial charge is 0.353 e. The summed E-state index contributed by atoms with van der Waals surface area (Å²) in [5, 5.41) is 5.96. The van der Waals surface area contributed by atoms with Gasteiger partial charge in [-0.25, -0.2) is 0 Å². The van der Waals surface area contributed by atoms with Crippen LogP contribution in [0.5, 0.6) is 0 Å². The van der Waals surface area contributed by atoms with Crippen LogP contribution in [0.2, 0.25) is 0 Å². The molecule has 5 heteroatoms. The SMILES string of the molecule is Cc1cnc(CNC(C)C(=O)NC(C)C)cn1. The molecule has 0 saturated carbocycles. The minimum Gasteiger partial charge on any atom is -0.353 e. The number of hydrogen-bond acceptors (Lipinski definition) is 4. The summed E-state index contributed by atoms with van der Waals surface area (Å²) in [5.74, 6) is 0.0000656. The van der Waals surface area contributed by atoms with Gasteiger partial charge in [0, 0.05) is 25.0 Å². The van der Waals surface area contributed by atoms with Crippen LogP contribution in [-0.4, -0.2) is 28.0 Å². The third-order valence-electron chi connectivity index (χ3n) is 2.25. The molecule has 1 heterocycles. The lowest BCUT2D eigenvalue weighted by Gasteiger charge is -2.15. The van der Waals surface area contributed by atoms with E-state index in [0.717, 1.165) is 11.4 Å². The summed E-state index contributed by atoms with van der Waals surface area (Å²) < 4.78 is 0. The van der Waals surface area contributed by atoms with Crippen molar-refractivity contribution in [3.05, 3.63) is 23.8 Å². The van der Waals surface area contributed by atoms with Crippen LogP contribution >= 0.6 is 0 Å². The van der Waals surface area contributed by atoms with Crippen molar-refractivity contribution in [3.63, 3.8) is 0 Å². The molecule has 0 saturated heterocycles. The first-order valence-electron chi connectivity index (χ1n) is 5.80. The van der Waals surface area contributed by atoms with Gasteiger partial charge in [-0.05, 0) is 27.7 Å². The molecular weight excluding hydrogens is 216 g/mol. The lowest BCUT2D eigenvalue weighted by atomic mass is 10.2. The van der Waals surface area contributed by atoms with Crippen molar-refractivity contribution in [1.29, 1.82) is 0 Å². The molecule has 0 aromatic carbocycles. The van der Waals surface area contributed by atoms with Crippen molar-refractivity contribution in [2.75, 3.05) is 0 Å². The van der Waals surface area contributed by atoms with E-state index in [2.05, 4.69) is 20.6 Å². The molecule has 1 amide bonds. The second kappa shape index (κ2) is 6.30. The fourth-order valence-corrected chi connectivity index (χ4v) is 1.27. The third kappa shape index (κ3) is 4.91. The van der Waals surface area contributed by atoms with Gasteiger partial charge in [0.2, 0.25) is 5.91 Å². The molecule has 1 unspecified atom stereocenters. The van der Waals surface area contributed by atoms with Crippen molar-refractivity contribution in [2.24, 2.45) is 0 Å². The van der Waals surface area contributed by atoms with E-state index in [-0.39, 0.29) is 18.0 Å². The first-order chi connectivity index (χ1) is 7.99. The molecule has 0 aliphatic carbocycles. The molecule has 0 bridgehead atoms. The number of nitrogens with zero attached hydrogens (tertiary/aromatic N) is 2. The van der Waals surface area contributed by atoms with Crippen LogP contribution in [0.3, 0.4) is 0 Å². The maximum atomic E-state index is 11.6. The van der Waals surface area contributed by atoms with E-state index in [9.17, 15) is 4.79 Å². The summed E-state index contributed by atoms with van der Waals surface area (Å²) in [7, 11) is 0. The van der Waals surface area contributed by atoms with E-state index in [1.54, 1.807) is 12.4 Å². The molecule has 5 nitrogen and oxygen atoms in total. The van der Waals surface area contributed by atoms with Crippen molar-refractivity contribution >= 4 is 5.91 Å². The summed E-state index contributed by atoms with van der Waals surface area (Å²) >= 11 is 0. The minimum atomic E-state index is -0.236. The summed E-state index contributed by atoms with van der Waals surface area (Å²) in [4.78, 5) is 20.0. The number of nitrogens with one attached hydrogen (secondary N) is 2. The Kier molecular flexibility index (Phi) is 5.03. The first-order valence-corrected chi connectivity index (χ1v) is 5.80. The average molecular weight is 236 g/mol. The van der Waals surface area contributed by atoms with Gasteiger partial charge in [0.15, 0.2) is 0 Å². The van der Waals surface area contributed by atoms with Crippen LogP contribution in [0, 0.1) is 6.92 Å². The van der Waals surface area contributed by atoms with Gasteiger partial charge in [0.05, 0.1) is 17.4 Å². The van der Waals surface area contributed by atoms with E-state index in [1.165, 1.54) is 0 Å². The Morgan fingerprint density at radius 3 is 2.53 bits per heavy atom. The number of amides is 1. The lowest BCUT2D eigenvalue weighted by Crippen LogP contribution is -2.44. The lowest BCUT2D eigenvalue weighted by molar-refractivity contribution is -0.123. The normalized spacial score (nSPS) is 12.5. The maximum absolute atomic E-state index is 11.6. The molecule has 17 heavy (non-hydrogen) atoms. The molecular formula is C12H20N4O. The second-order valence-electron chi connectivity index (χ2n) is 4.41. The molecule has 0 aliphatic heterocycles. The Bertz CT molecular complexity index is 361. The van der Waals surface area contributed by atoms with Crippen molar-refractivity contribution in [2.45, 2.75) is 46.3 Å². The molecule has 1 rings (SSSR count). The molecule has 1 aromatic rings. The topological polar surface area (TPSA) is 66.9 Å². The Morgan fingerprint density at radius 2 is 2.00 bits per heavy atom. The number of carbonyl (C=O) groups excluding carboxylic acids is 1. The molecule has 0 spiro atoms. The van der Waals surface area contributed by atoms with E-state index < -0.39 is 0 Å². The van der Waals surface area contributed by atoms with Crippen LogP contribution in [0.25, 0.3) is 0 Å². The highest BCUT2D eigenvalue weighted by Crippen LogP contribution is 1.95. The van der Waals surface area contributed by atoms with Crippen LogP contribution in [0.15, 0.2) is 12.4 Å². The molecule has 94 valence electrons. The van der Waals surface area contributed by atoms with Gasteiger partial charge in [-0.1, -0.05) is 0 Å². The molecule has 1 aromatic heterocycles. The highest BCUT2D eigenvalue weighted by Gasteiger charge is 2.12. The summed E-state index contributed by atoms with van der Waals surface area (Å²) in [6.07, 6.45) is 3.44. The zero-order chi connectivity index (χ0) is 12.8. The van der Waals surface area contributed by atoms with Crippen LogP contribution < -0.4 is 10.6 Å². The van der Waals surface area contributed by atoms with E-state index in [4.69, 9.17) is 0 Å². The third-order valence-corrected chi connectivity index (χ3v) is 2.25. The van der Waals surface area contributed by atoms with Crippen LogP contribution in [0.4, 0.5) is 0 Å². The Morgan fingerprint density at radius 1 is 1.29 bits per heavy atom. The van der Waals surface area contributed by atoms with Crippen molar-refractivity contribution < 1.29 is 4.79 Å². The Labute approximate surface area is 102 Å². The predicted octanol–water partition coefficient (Wildman–Crippen LogP) is 0.788. The number of aryl methyl sites for hydroxylation is 1. The van der Waals surface area contributed by atoms with Gasteiger partial charge in [-0.3, -0.25) is 14.8 Å². The number of hydrogen-bond donors (Lipinski definition) is 2. The van der Waals surface area contributed by atoms with Gasteiger partial charge in [0.25, 0.3) is 0 Å². The van der Waals surface area contributed by atoms with Gasteiger partial charge in [-0.2, -0.15) is 0 Å². The molecule has 0 aliphatic rings. The number of carbonyl (C=O) groups is 1. The fraction of sp³-hybridized carbons (Fsp3) is 0.583. The minimum absolute atomic E-state index is 0.0000656. The van der Waals surface area contributed by atoms with Crippen molar-refractivity contribution in [3.8, 4) is 0 Å². The summed E-state index contributed by atoms with van der Waals surface area (Å²) in [6.45, 7) is 8.15. The van der Waals surface area contributed by atoms with E-state index >= 15 is 0 Å². The Balaban J connectivity index is 2.40. The predicted molar refractivity (Wildman–Crippen MR) is 66.3 cm³/mol. The smallest absolute Gasteiger partial charge is 0.237 e. The zero-order valence-electron chi connectivity index (χ0n) is 10.8. The second-order valence-corrected chi connectivity index (χ2v) is 4.41. The maximum Gasteiger partial charge on any atom is 0.237 e. The summed E-state index contributed by atoms with van der Waals surface area (Å²) in [6, 6.07) is -0.0774. The quantitative estimate of drug-likeness (QED) is 0.793. The standard InChI is InChI=1S/C12H20N4O/c1-8(2)16-12(17)10(4)14-7-11-6-13-9(3)5-15-11/h5-6,8,10,14H,7H2,1-4H3,(H,16,17). The van der Waals surface area contributed by atoms with Gasteiger partial charge in [-0.15, -0.1) is 0 Å². The highest BCUT2D eigenvalue weighted by molar-refractivity contribution is 5.81. The molecule has 0 fully saturated rings. The fourth-order valence-electron chi connectivity index (χ4n) is 1.27. The van der Waals surface area contributed by atoms with Crippen LogP contribution in [-0.2, 0) is 11.3 Å². The Hall–Kier alpha value is -1.49. The first kappa shape index (κ1) is 13.6. The number of aromatic nitrogens is 2. The molecule has 1 atom stereocenters. The van der Waals surface area contributed by atoms with E-state index in [1.807, 2.05) is 27.7 Å².